The summed E-state index contributed by atoms with van der Waals surface area (Å²) < 4.78 is 25.6. The van der Waals surface area contributed by atoms with Crippen LogP contribution in [0.5, 0.6) is 0 Å². The molecule has 0 spiro atoms. The van der Waals surface area contributed by atoms with Gasteiger partial charge in [0.2, 0.25) is 0 Å². The summed E-state index contributed by atoms with van der Waals surface area (Å²) in [4.78, 5) is 22.6. The smallest absolute Gasteiger partial charge is 0.407 e. The third-order valence-electron chi connectivity index (χ3n) is 2.53. The Labute approximate surface area is 155 Å². The lowest BCUT2D eigenvalue weighted by molar-refractivity contribution is 0.0395. The maximum atomic E-state index is 11.4. The minimum Gasteiger partial charge on any atom is -0.447 e. The van der Waals surface area contributed by atoms with E-state index in [4.69, 9.17) is 29.4 Å². The summed E-state index contributed by atoms with van der Waals surface area (Å²) >= 11 is 0. The van der Waals surface area contributed by atoms with Gasteiger partial charge in [-0.2, -0.15) is 0 Å². The van der Waals surface area contributed by atoms with Crippen molar-refractivity contribution in [2.24, 2.45) is 5.73 Å². The Bertz CT molecular complexity index is 375. The number of rotatable bonds is 14. The Morgan fingerprint density at radius 1 is 0.769 bits per heavy atom. The number of nitrogens with two attached hydrogens (primary N) is 1. The SMILES string of the molecule is CC(C)(C)OC(=O)NCCOCCOCCNC(=O)OCCOCCN. The van der Waals surface area contributed by atoms with Crippen molar-refractivity contribution in [2.45, 2.75) is 26.4 Å². The first-order valence-electron chi connectivity index (χ1n) is 8.66. The molecule has 154 valence electrons. The van der Waals surface area contributed by atoms with Crippen LogP contribution in [0.4, 0.5) is 9.59 Å². The van der Waals surface area contributed by atoms with Gasteiger partial charge in [-0.15, -0.1) is 0 Å². The highest BCUT2D eigenvalue weighted by Crippen LogP contribution is 2.05. The highest BCUT2D eigenvalue weighted by molar-refractivity contribution is 5.67. The lowest BCUT2D eigenvalue weighted by Gasteiger charge is -2.19. The van der Waals surface area contributed by atoms with Crippen LogP contribution in [0.1, 0.15) is 20.8 Å². The maximum absolute atomic E-state index is 11.4. The van der Waals surface area contributed by atoms with E-state index in [1.54, 1.807) is 20.8 Å². The Morgan fingerprint density at radius 2 is 1.27 bits per heavy atom. The summed E-state index contributed by atoms with van der Waals surface area (Å²) in [6, 6.07) is 0. The summed E-state index contributed by atoms with van der Waals surface area (Å²) in [5, 5.41) is 5.13. The fraction of sp³-hybridized carbons (Fsp3) is 0.875. The second-order valence-corrected chi connectivity index (χ2v) is 6.12. The molecule has 0 aromatic heterocycles. The third kappa shape index (κ3) is 18.7. The van der Waals surface area contributed by atoms with Gasteiger partial charge in [0.05, 0.1) is 39.6 Å². The quantitative estimate of drug-likeness (QED) is 0.366. The van der Waals surface area contributed by atoms with Gasteiger partial charge in [0.15, 0.2) is 0 Å². The van der Waals surface area contributed by atoms with Crippen LogP contribution in [0.3, 0.4) is 0 Å². The predicted molar refractivity (Wildman–Crippen MR) is 95.1 cm³/mol. The molecule has 0 bridgehead atoms. The first-order valence-corrected chi connectivity index (χ1v) is 8.66. The minimum absolute atomic E-state index is 0.178. The standard InChI is InChI=1S/C16H33N3O7/c1-16(2,3)26-15(21)19-6-9-24-11-10-23-8-5-18-14(20)25-13-12-22-7-4-17/h4-13,17H2,1-3H3,(H,18,20)(H,19,21). The fourth-order valence-electron chi connectivity index (χ4n) is 1.52. The zero-order chi connectivity index (χ0) is 19.7. The van der Waals surface area contributed by atoms with E-state index >= 15 is 0 Å². The molecule has 0 atom stereocenters. The largest absolute Gasteiger partial charge is 0.447 e. The molecule has 0 aliphatic rings. The number of carbonyl (C=O) groups is 2. The van der Waals surface area contributed by atoms with E-state index in [9.17, 15) is 9.59 Å². The lowest BCUT2D eigenvalue weighted by atomic mass is 10.2. The van der Waals surface area contributed by atoms with Crippen LogP contribution in [0.15, 0.2) is 0 Å². The van der Waals surface area contributed by atoms with Gasteiger partial charge in [-0.3, -0.25) is 0 Å². The molecule has 0 radical (unpaired) electrons. The Morgan fingerprint density at radius 3 is 1.81 bits per heavy atom. The normalized spacial score (nSPS) is 11.1. The molecular weight excluding hydrogens is 346 g/mol. The summed E-state index contributed by atoms with van der Waals surface area (Å²) in [5.41, 5.74) is 4.74. The molecule has 0 saturated carbocycles. The summed E-state index contributed by atoms with van der Waals surface area (Å²) in [5.74, 6) is 0. The molecule has 10 nitrogen and oxygen atoms in total. The molecule has 0 rings (SSSR count). The van der Waals surface area contributed by atoms with E-state index in [1.165, 1.54) is 0 Å². The van der Waals surface area contributed by atoms with Gasteiger partial charge in [0, 0.05) is 19.6 Å². The number of carbonyl (C=O) groups excluding carboxylic acids is 2. The summed E-state index contributed by atoms with van der Waals surface area (Å²) in [6.07, 6.45) is -0.990. The molecular formula is C16H33N3O7. The number of amides is 2. The monoisotopic (exact) mass is 379 g/mol. The molecule has 0 heterocycles. The lowest BCUT2D eigenvalue weighted by Crippen LogP contribution is -2.34. The Kier molecular flexibility index (Phi) is 14.6. The van der Waals surface area contributed by atoms with Crippen LogP contribution in [0, 0.1) is 0 Å². The summed E-state index contributed by atoms with van der Waals surface area (Å²) in [6.45, 7) is 8.95. The Balaban J connectivity index is 3.28. The van der Waals surface area contributed by atoms with Crippen LogP contribution in [0.2, 0.25) is 0 Å². The summed E-state index contributed by atoms with van der Waals surface area (Å²) in [7, 11) is 0. The zero-order valence-electron chi connectivity index (χ0n) is 16.0. The molecule has 0 aromatic carbocycles. The number of alkyl carbamates (subject to hydrolysis) is 2. The van der Waals surface area contributed by atoms with Crippen LogP contribution < -0.4 is 16.4 Å². The molecule has 0 unspecified atom stereocenters. The van der Waals surface area contributed by atoms with E-state index in [-0.39, 0.29) is 6.61 Å². The fourth-order valence-corrected chi connectivity index (χ4v) is 1.52. The first kappa shape index (κ1) is 24.4. The second-order valence-electron chi connectivity index (χ2n) is 6.12. The van der Waals surface area contributed by atoms with Crippen molar-refractivity contribution in [1.29, 1.82) is 0 Å². The molecule has 2 amide bonds. The predicted octanol–water partition coefficient (Wildman–Crippen LogP) is 0.246. The van der Waals surface area contributed by atoms with Gasteiger partial charge in [-0.1, -0.05) is 0 Å². The van der Waals surface area contributed by atoms with Crippen molar-refractivity contribution in [3.8, 4) is 0 Å². The average Bonchev–Trinajstić information content (AvgIpc) is 2.54. The van der Waals surface area contributed by atoms with Gasteiger partial charge >= 0.3 is 12.2 Å². The van der Waals surface area contributed by atoms with E-state index in [2.05, 4.69) is 10.6 Å². The minimum atomic E-state index is -0.519. The molecule has 4 N–H and O–H groups in total. The van der Waals surface area contributed by atoms with Gasteiger partial charge in [-0.25, -0.2) is 9.59 Å². The third-order valence-corrected chi connectivity index (χ3v) is 2.53. The first-order chi connectivity index (χ1) is 12.3. The molecule has 0 aromatic rings. The van der Waals surface area contributed by atoms with Crippen molar-refractivity contribution in [1.82, 2.24) is 10.6 Å². The average molecular weight is 379 g/mol. The maximum Gasteiger partial charge on any atom is 0.407 e. The van der Waals surface area contributed by atoms with Gasteiger partial charge in [0.1, 0.15) is 12.2 Å². The van der Waals surface area contributed by atoms with E-state index in [1.807, 2.05) is 0 Å². The van der Waals surface area contributed by atoms with E-state index < -0.39 is 17.8 Å². The number of hydrogen-bond acceptors (Lipinski definition) is 8. The van der Waals surface area contributed by atoms with Crippen molar-refractivity contribution in [3.63, 3.8) is 0 Å². The molecule has 0 aliphatic carbocycles. The van der Waals surface area contributed by atoms with Crippen molar-refractivity contribution in [3.05, 3.63) is 0 Å². The second kappa shape index (κ2) is 15.6. The number of ether oxygens (including phenoxy) is 5. The zero-order valence-corrected chi connectivity index (χ0v) is 16.0. The molecule has 26 heavy (non-hydrogen) atoms. The van der Waals surface area contributed by atoms with E-state index in [0.29, 0.717) is 59.3 Å². The molecule has 0 fully saturated rings. The van der Waals surface area contributed by atoms with Crippen LogP contribution in [-0.4, -0.2) is 83.7 Å². The highest BCUT2D eigenvalue weighted by Gasteiger charge is 2.15. The van der Waals surface area contributed by atoms with Crippen molar-refractivity contribution >= 4 is 12.2 Å². The molecule has 10 heteroatoms. The molecule has 0 aliphatic heterocycles. The van der Waals surface area contributed by atoms with E-state index in [0.717, 1.165) is 0 Å². The van der Waals surface area contributed by atoms with Crippen molar-refractivity contribution < 1.29 is 33.3 Å². The van der Waals surface area contributed by atoms with Crippen LogP contribution in [-0.2, 0) is 23.7 Å². The topological polar surface area (TPSA) is 130 Å². The highest BCUT2D eigenvalue weighted by atomic mass is 16.6. The van der Waals surface area contributed by atoms with Crippen LogP contribution >= 0.6 is 0 Å². The van der Waals surface area contributed by atoms with Gasteiger partial charge < -0.3 is 40.1 Å². The number of nitrogens with one attached hydrogen (secondary N) is 2. The molecule has 0 saturated heterocycles. The van der Waals surface area contributed by atoms with Gasteiger partial charge in [-0.05, 0) is 20.8 Å². The van der Waals surface area contributed by atoms with Crippen LogP contribution in [0.25, 0.3) is 0 Å². The van der Waals surface area contributed by atoms with Crippen molar-refractivity contribution in [2.75, 3.05) is 65.9 Å². The Hall–Kier alpha value is -1.62. The van der Waals surface area contributed by atoms with Gasteiger partial charge in [0.25, 0.3) is 0 Å². The number of hydrogen-bond donors (Lipinski definition) is 3.